The fraction of sp³-hybridized carbons (Fsp3) is 0.435. The number of aryl methyl sites for hydroxylation is 1. The van der Waals surface area contributed by atoms with Gasteiger partial charge in [0.15, 0.2) is 0 Å². The fourth-order valence-electron chi connectivity index (χ4n) is 3.67. The Morgan fingerprint density at radius 3 is 2.67 bits per heavy atom. The molecule has 1 saturated heterocycles. The number of nitrogens with zero attached hydrogens (tertiary/aromatic N) is 2. The number of carbonyl (C=O) groups excluding carboxylic acids is 2. The lowest BCUT2D eigenvalue weighted by molar-refractivity contribution is -0.133. The van der Waals surface area contributed by atoms with Crippen molar-refractivity contribution in [2.24, 2.45) is 0 Å². The van der Waals surface area contributed by atoms with Gasteiger partial charge in [-0.1, -0.05) is 0 Å². The number of methoxy groups -OCH3 is 1. The molecule has 0 radical (unpaired) electrons. The number of piperidine rings is 1. The largest absolute Gasteiger partial charge is 0.457 e. The van der Waals surface area contributed by atoms with Gasteiger partial charge in [-0.3, -0.25) is 14.6 Å². The molecule has 1 aromatic heterocycles. The predicted octanol–water partition coefficient (Wildman–Crippen LogP) is 3.88. The SMILES string of the molecule is COCCC(=O)N1CCC[C@H](c2cc(Oc3ccc(NC(C)=O)cc3)cc(C)n2)C1. The van der Waals surface area contributed by atoms with Crippen LogP contribution in [0.4, 0.5) is 5.69 Å². The van der Waals surface area contributed by atoms with Crippen LogP contribution in [0.3, 0.4) is 0 Å². The van der Waals surface area contributed by atoms with Crippen LogP contribution < -0.4 is 10.1 Å². The van der Waals surface area contributed by atoms with Gasteiger partial charge in [0.25, 0.3) is 0 Å². The normalized spacial score (nSPS) is 16.2. The van der Waals surface area contributed by atoms with Gasteiger partial charge in [0, 0.05) is 62.2 Å². The minimum atomic E-state index is -0.111. The van der Waals surface area contributed by atoms with Gasteiger partial charge in [-0.25, -0.2) is 0 Å². The second-order valence-corrected chi connectivity index (χ2v) is 7.60. The average molecular weight is 412 g/mol. The summed E-state index contributed by atoms with van der Waals surface area (Å²) in [5, 5.41) is 2.74. The molecule has 0 saturated carbocycles. The van der Waals surface area contributed by atoms with Crippen LogP contribution in [0.5, 0.6) is 11.5 Å². The molecule has 1 aliphatic heterocycles. The standard InChI is InChI=1S/C23H29N3O4/c1-16-13-21(30-20-8-6-19(7-9-20)25-17(2)27)14-22(24-16)18-5-4-11-26(15-18)23(28)10-12-29-3/h6-9,13-14,18H,4-5,10-12,15H2,1-3H3,(H,25,27)/t18-/m0/s1. The molecule has 1 N–H and O–H groups in total. The molecule has 160 valence electrons. The zero-order valence-corrected chi connectivity index (χ0v) is 17.8. The lowest BCUT2D eigenvalue weighted by Gasteiger charge is -2.32. The second-order valence-electron chi connectivity index (χ2n) is 7.60. The monoisotopic (exact) mass is 411 g/mol. The minimum absolute atomic E-state index is 0.111. The quantitative estimate of drug-likeness (QED) is 0.748. The third kappa shape index (κ3) is 6.03. The number of anilines is 1. The number of rotatable bonds is 7. The third-order valence-corrected chi connectivity index (χ3v) is 5.07. The van der Waals surface area contributed by atoms with Crippen molar-refractivity contribution in [3.05, 3.63) is 47.8 Å². The summed E-state index contributed by atoms with van der Waals surface area (Å²) >= 11 is 0. The molecule has 30 heavy (non-hydrogen) atoms. The average Bonchev–Trinajstić information content (AvgIpc) is 2.73. The maximum absolute atomic E-state index is 12.4. The Morgan fingerprint density at radius 1 is 1.20 bits per heavy atom. The molecule has 1 aliphatic rings. The lowest BCUT2D eigenvalue weighted by atomic mass is 9.93. The summed E-state index contributed by atoms with van der Waals surface area (Å²) in [6.45, 7) is 5.32. The van der Waals surface area contributed by atoms with E-state index in [0.717, 1.165) is 36.5 Å². The van der Waals surface area contributed by atoms with E-state index in [-0.39, 0.29) is 17.7 Å². The Labute approximate surface area is 177 Å². The number of pyridine rings is 1. The molecule has 1 aromatic carbocycles. The Hall–Kier alpha value is -2.93. The first-order chi connectivity index (χ1) is 14.4. The van der Waals surface area contributed by atoms with Crippen LogP contribution in [-0.2, 0) is 14.3 Å². The maximum atomic E-state index is 12.4. The van der Waals surface area contributed by atoms with Crippen LogP contribution in [0.2, 0.25) is 0 Å². The summed E-state index contributed by atoms with van der Waals surface area (Å²) in [6.07, 6.45) is 2.36. The van der Waals surface area contributed by atoms with Crippen LogP contribution in [0, 0.1) is 6.92 Å². The van der Waals surface area contributed by atoms with Gasteiger partial charge in [-0.2, -0.15) is 0 Å². The Kier molecular flexibility index (Phi) is 7.41. The summed E-state index contributed by atoms with van der Waals surface area (Å²) in [6, 6.07) is 11.1. The van der Waals surface area contributed by atoms with Crippen LogP contribution >= 0.6 is 0 Å². The van der Waals surface area contributed by atoms with E-state index in [0.29, 0.717) is 31.1 Å². The van der Waals surface area contributed by atoms with Crippen LogP contribution in [0.15, 0.2) is 36.4 Å². The Morgan fingerprint density at radius 2 is 1.97 bits per heavy atom. The highest BCUT2D eigenvalue weighted by molar-refractivity contribution is 5.88. The van der Waals surface area contributed by atoms with E-state index in [9.17, 15) is 9.59 Å². The number of likely N-dealkylation sites (tertiary alicyclic amines) is 1. The number of amides is 2. The van der Waals surface area contributed by atoms with E-state index in [1.165, 1.54) is 6.92 Å². The molecule has 2 aromatic rings. The van der Waals surface area contributed by atoms with Crippen LogP contribution in [0.25, 0.3) is 0 Å². The van der Waals surface area contributed by atoms with Gasteiger partial charge in [-0.05, 0) is 44.0 Å². The molecule has 1 fully saturated rings. The zero-order valence-electron chi connectivity index (χ0n) is 17.8. The number of aromatic nitrogens is 1. The van der Waals surface area contributed by atoms with Crippen LogP contribution in [-0.4, -0.2) is 48.5 Å². The summed E-state index contributed by atoms with van der Waals surface area (Å²) in [5.41, 5.74) is 2.55. The number of benzene rings is 1. The summed E-state index contributed by atoms with van der Waals surface area (Å²) in [5.74, 6) is 1.60. The molecular formula is C23H29N3O4. The van der Waals surface area contributed by atoms with E-state index in [1.807, 2.05) is 36.1 Å². The molecule has 3 rings (SSSR count). The highest BCUT2D eigenvalue weighted by Gasteiger charge is 2.26. The molecule has 2 amide bonds. The molecule has 0 aliphatic carbocycles. The highest BCUT2D eigenvalue weighted by Crippen LogP contribution is 2.31. The summed E-state index contributed by atoms with van der Waals surface area (Å²) in [4.78, 5) is 30.2. The molecule has 1 atom stereocenters. The van der Waals surface area contributed by atoms with Gasteiger partial charge in [0.05, 0.1) is 13.0 Å². The smallest absolute Gasteiger partial charge is 0.224 e. The van der Waals surface area contributed by atoms with Crippen molar-refractivity contribution in [2.75, 3.05) is 32.1 Å². The van der Waals surface area contributed by atoms with E-state index < -0.39 is 0 Å². The number of hydrogen-bond donors (Lipinski definition) is 1. The van der Waals surface area contributed by atoms with Crippen molar-refractivity contribution in [1.82, 2.24) is 9.88 Å². The van der Waals surface area contributed by atoms with Gasteiger partial charge >= 0.3 is 0 Å². The first-order valence-corrected chi connectivity index (χ1v) is 10.3. The van der Waals surface area contributed by atoms with Gasteiger partial charge in [0.1, 0.15) is 11.5 Å². The van der Waals surface area contributed by atoms with E-state index >= 15 is 0 Å². The van der Waals surface area contributed by atoms with Gasteiger partial charge in [0.2, 0.25) is 11.8 Å². The molecule has 0 spiro atoms. The molecule has 7 nitrogen and oxygen atoms in total. The minimum Gasteiger partial charge on any atom is -0.457 e. The number of hydrogen-bond acceptors (Lipinski definition) is 5. The van der Waals surface area contributed by atoms with Crippen LogP contribution in [0.1, 0.15) is 43.5 Å². The fourth-order valence-corrected chi connectivity index (χ4v) is 3.67. The van der Waals surface area contributed by atoms with Crippen molar-refractivity contribution in [3.8, 4) is 11.5 Å². The summed E-state index contributed by atoms with van der Waals surface area (Å²) < 4.78 is 11.1. The summed E-state index contributed by atoms with van der Waals surface area (Å²) in [7, 11) is 1.61. The van der Waals surface area contributed by atoms with Crippen molar-refractivity contribution in [1.29, 1.82) is 0 Å². The Bertz CT molecular complexity index is 883. The van der Waals surface area contributed by atoms with Crippen molar-refractivity contribution >= 4 is 17.5 Å². The first-order valence-electron chi connectivity index (χ1n) is 10.3. The van der Waals surface area contributed by atoms with Gasteiger partial charge < -0.3 is 19.7 Å². The van der Waals surface area contributed by atoms with Gasteiger partial charge in [-0.15, -0.1) is 0 Å². The van der Waals surface area contributed by atoms with E-state index in [1.54, 1.807) is 19.2 Å². The zero-order chi connectivity index (χ0) is 21.5. The highest BCUT2D eigenvalue weighted by atomic mass is 16.5. The predicted molar refractivity (Wildman–Crippen MR) is 115 cm³/mol. The van der Waals surface area contributed by atoms with Crippen molar-refractivity contribution < 1.29 is 19.1 Å². The second kappa shape index (κ2) is 10.2. The topological polar surface area (TPSA) is 80.8 Å². The van der Waals surface area contributed by atoms with Crippen molar-refractivity contribution in [3.63, 3.8) is 0 Å². The molecule has 0 unspecified atom stereocenters. The third-order valence-electron chi connectivity index (χ3n) is 5.07. The molecular weight excluding hydrogens is 382 g/mol. The molecule has 7 heteroatoms. The Balaban J connectivity index is 1.70. The number of carbonyl (C=O) groups is 2. The molecule has 0 bridgehead atoms. The lowest BCUT2D eigenvalue weighted by Crippen LogP contribution is -2.39. The van der Waals surface area contributed by atoms with Crippen molar-refractivity contribution in [2.45, 2.75) is 39.0 Å². The van der Waals surface area contributed by atoms with E-state index in [4.69, 9.17) is 14.5 Å². The van der Waals surface area contributed by atoms with E-state index in [2.05, 4.69) is 5.32 Å². The maximum Gasteiger partial charge on any atom is 0.224 e. The number of nitrogens with one attached hydrogen (secondary N) is 1. The molecule has 2 heterocycles. The first kappa shape index (κ1) is 21.8. The number of ether oxygens (including phenoxy) is 2.